The van der Waals surface area contributed by atoms with Crippen molar-refractivity contribution >= 4 is 22.6 Å². The number of nitrogens with one attached hydrogen (secondary N) is 1. The van der Waals surface area contributed by atoms with Crippen molar-refractivity contribution in [2.24, 2.45) is 0 Å². The second-order valence-corrected chi connectivity index (χ2v) is 7.96. The zero-order valence-corrected chi connectivity index (χ0v) is 16.8. The van der Waals surface area contributed by atoms with E-state index in [0.29, 0.717) is 12.6 Å². The first-order valence-corrected chi connectivity index (χ1v) is 9.90. The van der Waals surface area contributed by atoms with Crippen molar-refractivity contribution in [3.05, 3.63) is 53.1 Å². The lowest BCUT2D eigenvalue weighted by Crippen LogP contribution is -2.39. The molecule has 3 aromatic rings. The average Bonchev–Trinajstić information content (AvgIpc) is 3.04. The smallest absolute Gasteiger partial charge is 0.238 e. The van der Waals surface area contributed by atoms with Gasteiger partial charge in [-0.05, 0) is 74.6 Å². The lowest BCUT2D eigenvalue weighted by molar-refractivity contribution is -0.117. The number of anilines is 1. The van der Waals surface area contributed by atoms with Gasteiger partial charge in [0.15, 0.2) is 0 Å². The summed E-state index contributed by atoms with van der Waals surface area (Å²) < 4.78 is 2.06. The molecule has 1 aromatic heterocycles. The van der Waals surface area contributed by atoms with Gasteiger partial charge >= 0.3 is 0 Å². The standard InChI is InChI=1S/C22H27N5O/c1-15-4-5-21-20(13-15)24-25-27(21)19-6-8-26(9-7-19)14-22(28)23-18-11-16(2)10-17(3)12-18/h4-5,10-13,19H,6-9,14H2,1-3H3,(H,23,28). The van der Waals surface area contributed by atoms with Gasteiger partial charge in [-0.15, -0.1) is 5.10 Å². The lowest BCUT2D eigenvalue weighted by atomic mass is 10.0. The van der Waals surface area contributed by atoms with Crippen molar-refractivity contribution in [2.75, 3.05) is 25.0 Å². The molecule has 4 rings (SSSR count). The van der Waals surface area contributed by atoms with Crippen molar-refractivity contribution in [3.63, 3.8) is 0 Å². The number of aromatic nitrogens is 3. The molecule has 0 atom stereocenters. The molecule has 2 aromatic carbocycles. The van der Waals surface area contributed by atoms with Crippen molar-refractivity contribution in [1.82, 2.24) is 19.9 Å². The molecule has 2 heterocycles. The van der Waals surface area contributed by atoms with Gasteiger partial charge in [-0.1, -0.05) is 17.3 Å². The SMILES string of the molecule is Cc1cc(C)cc(NC(=O)CN2CCC(n3nnc4cc(C)ccc43)CC2)c1. The van der Waals surface area contributed by atoms with Crippen LogP contribution in [0.25, 0.3) is 11.0 Å². The fourth-order valence-corrected chi connectivity index (χ4v) is 4.09. The predicted molar refractivity (Wildman–Crippen MR) is 112 cm³/mol. The summed E-state index contributed by atoms with van der Waals surface area (Å²) in [7, 11) is 0. The highest BCUT2D eigenvalue weighted by Gasteiger charge is 2.24. The molecule has 6 heteroatoms. The third-order valence-electron chi connectivity index (χ3n) is 5.40. The van der Waals surface area contributed by atoms with Gasteiger partial charge in [0.2, 0.25) is 5.91 Å². The maximum atomic E-state index is 12.4. The Labute approximate surface area is 165 Å². The summed E-state index contributed by atoms with van der Waals surface area (Å²) in [5.74, 6) is 0.0464. The molecule has 1 fully saturated rings. The van der Waals surface area contributed by atoms with Gasteiger partial charge in [-0.25, -0.2) is 4.68 Å². The zero-order chi connectivity index (χ0) is 19.7. The first-order valence-electron chi connectivity index (χ1n) is 9.90. The van der Waals surface area contributed by atoms with Crippen LogP contribution in [0.3, 0.4) is 0 Å². The number of benzene rings is 2. The van der Waals surface area contributed by atoms with Crippen molar-refractivity contribution in [3.8, 4) is 0 Å². The molecule has 0 radical (unpaired) electrons. The van der Waals surface area contributed by atoms with Gasteiger partial charge in [0.05, 0.1) is 18.1 Å². The number of rotatable bonds is 4. The molecule has 6 nitrogen and oxygen atoms in total. The van der Waals surface area contributed by atoms with E-state index in [4.69, 9.17) is 0 Å². The summed E-state index contributed by atoms with van der Waals surface area (Å²) in [4.78, 5) is 14.7. The van der Waals surface area contributed by atoms with Gasteiger partial charge in [-0.2, -0.15) is 0 Å². The fourth-order valence-electron chi connectivity index (χ4n) is 4.09. The van der Waals surface area contributed by atoms with E-state index in [2.05, 4.69) is 56.4 Å². The van der Waals surface area contributed by atoms with Crippen LogP contribution in [0.5, 0.6) is 0 Å². The molecule has 1 aliphatic rings. The van der Waals surface area contributed by atoms with Crippen LogP contribution in [0.15, 0.2) is 36.4 Å². The molecule has 1 saturated heterocycles. The van der Waals surface area contributed by atoms with Gasteiger partial charge in [0.25, 0.3) is 0 Å². The number of fused-ring (bicyclic) bond motifs is 1. The van der Waals surface area contributed by atoms with Crippen LogP contribution in [0.2, 0.25) is 0 Å². The lowest BCUT2D eigenvalue weighted by Gasteiger charge is -2.31. The fraction of sp³-hybridized carbons (Fsp3) is 0.409. The van der Waals surface area contributed by atoms with E-state index < -0.39 is 0 Å². The van der Waals surface area contributed by atoms with Crippen LogP contribution in [-0.2, 0) is 4.79 Å². The number of hydrogen-bond donors (Lipinski definition) is 1. The average molecular weight is 377 g/mol. The summed E-state index contributed by atoms with van der Waals surface area (Å²) in [6, 6.07) is 12.7. The number of nitrogens with zero attached hydrogens (tertiary/aromatic N) is 4. The third-order valence-corrected chi connectivity index (χ3v) is 5.40. The minimum absolute atomic E-state index is 0.0464. The molecule has 1 N–H and O–H groups in total. The molecule has 0 spiro atoms. The predicted octanol–water partition coefficient (Wildman–Crippen LogP) is 3.63. The van der Waals surface area contributed by atoms with Crippen molar-refractivity contribution in [1.29, 1.82) is 0 Å². The highest BCUT2D eigenvalue weighted by Crippen LogP contribution is 2.25. The van der Waals surface area contributed by atoms with Gasteiger partial charge in [-0.3, -0.25) is 9.69 Å². The minimum atomic E-state index is 0.0464. The number of piperidine rings is 1. The van der Waals surface area contributed by atoms with Gasteiger partial charge in [0.1, 0.15) is 5.52 Å². The molecular formula is C22H27N5O. The molecular weight excluding hydrogens is 350 g/mol. The summed E-state index contributed by atoms with van der Waals surface area (Å²) in [6.45, 7) is 8.36. The summed E-state index contributed by atoms with van der Waals surface area (Å²) in [5.41, 5.74) is 6.44. The Balaban J connectivity index is 1.34. The number of hydrogen-bond acceptors (Lipinski definition) is 4. The Morgan fingerprint density at radius 2 is 1.75 bits per heavy atom. The second kappa shape index (κ2) is 7.72. The van der Waals surface area contributed by atoms with Crippen molar-refractivity contribution < 1.29 is 4.79 Å². The Morgan fingerprint density at radius 1 is 1.04 bits per heavy atom. The van der Waals surface area contributed by atoms with E-state index in [1.807, 2.05) is 26.0 Å². The van der Waals surface area contributed by atoms with E-state index in [0.717, 1.165) is 53.8 Å². The van der Waals surface area contributed by atoms with E-state index in [-0.39, 0.29) is 5.91 Å². The van der Waals surface area contributed by atoms with Crippen molar-refractivity contribution in [2.45, 2.75) is 39.7 Å². The first kappa shape index (κ1) is 18.6. The number of likely N-dealkylation sites (tertiary alicyclic amines) is 1. The van der Waals surface area contributed by atoms with Crippen LogP contribution < -0.4 is 5.32 Å². The summed E-state index contributed by atoms with van der Waals surface area (Å²) in [6.07, 6.45) is 1.95. The maximum Gasteiger partial charge on any atom is 0.238 e. The molecule has 0 bridgehead atoms. The quantitative estimate of drug-likeness (QED) is 0.754. The largest absolute Gasteiger partial charge is 0.325 e. The van der Waals surface area contributed by atoms with Crippen LogP contribution in [-0.4, -0.2) is 45.4 Å². The second-order valence-electron chi connectivity index (χ2n) is 7.96. The molecule has 28 heavy (non-hydrogen) atoms. The highest BCUT2D eigenvalue weighted by molar-refractivity contribution is 5.92. The number of amides is 1. The van der Waals surface area contributed by atoms with Crippen LogP contribution in [0.1, 0.15) is 35.6 Å². The third kappa shape index (κ3) is 4.07. The van der Waals surface area contributed by atoms with Crippen LogP contribution in [0, 0.1) is 20.8 Å². The number of carbonyl (C=O) groups is 1. The van der Waals surface area contributed by atoms with Gasteiger partial charge in [0, 0.05) is 18.8 Å². The Morgan fingerprint density at radius 3 is 2.46 bits per heavy atom. The Hall–Kier alpha value is -2.73. The number of carbonyl (C=O) groups excluding carboxylic acids is 1. The topological polar surface area (TPSA) is 63.1 Å². The molecule has 1 amide bonds. The number of aryl methyl sites for hydroxylation is 3. The minimum Gasteiger partial charge on any atom is -0.325 e. The van der Waals surface area contributed by atoms with E-state index >= 15 is 0 Å². The summed E-state index contributed by atoms with van der Waals surface area (Å²) in [5, 5.41) is 11.7. The Kier molecular flexibility index (Phi) is 5.13. The van der Waals surface area contributed by atoms with E-state index in [1.165, 1.54) is 5.56 Å². The molecule has 146 valence electrons. The summed E-state index contributed by atoms with van der Waals surface area (Å²) >= 11 is 0. The normalized spacial score (nSPS) is 15.8. The maximum absolute atomic E-state index is 12.4. The first-order chi connectivity index (χ1) is 13.5. The van der Waals surface area contributed by atoms with Crippen LogP contribution >= 0.6 is 0 Å². The van der Waals surface area contributed by atoms with E-state index in [1.54, 1.807) is 0 Å². The van der Waals surface area contributed by atoms with Crippen LogP contribution in [0.4, 0.5) is 5.69 Å². The zero-order valence-electron chi connectivity index (χ0n) is 16.8. The monoisotopic (exact) mass is 377 g/mol. The molecule has 1 aliphatic heterocycles. The highest BCUT2D eigenvalue weighted by atomic mass is 16.2. The van der Waals surface area contributed by atoms with Gasteiger partial charge < -0.3 is 5.32 Å². The molecule has 0 aliphatic carbocycles. The Bertz CT molecular complexity index is 981. The molecule has 0 saturated carbocycles. The van der Waals surface area contributed by atoms with E-state index in [9.17, 15) is 4.79 Å². The molecule has 0 unspecified atom stereocenters.